The SMILES string of the molecule is CCCCOC(=O)c1ccc(NC(=S)Nc2ccc(F)cc2F)cc1. The van der Waals surface area contributed by atoms with Crippen molar-refractivity contribution in [3.63, 3.8) is 0 Å². The summed E-state index contributed by atoms with van der Waals surface area (Å²) < 4.78 is 31.6. The molecule has 2 aromatic carbocycles. The summed E-state index contributed by atoms with van der Waals surface area (Å²) in [7, 11) is 0. The van der Waals surface area contributed by atoms with Gasteiger partial charge in [-0.15, -0.1) is 0 Å². The molecule has 4 nitrogen and oxygen atoms in total. The Hall–Kier alpha value is -2.54. The van der Waals surface area contributed by atoms with E-state index in [-0.39, 0.29) is 16.8 Å². The van der Waals surface area contributed by atoms with E-state index in [1.807, 2.05) is 6.92 Å². The van der Waals surface area contributed by atoms with Crippen LogP contribution in [0.3, 0.4) is 0 Å². The third-order valence-corrected chi connectivity index (χ3v) is 3.49. The second-order valence-electron chi connectivity index (χ2n) is 5.27. The summed E-state index contributed by atoms with van der Waals surface area (Å²) in [6, 6.07) is 9.69. The fraction of sp³-hybridized carbons (Fsp3) is 0.222. The molecule has 0 unspecified atom stereocenters. The number of rotatable bonds is 6. The summed E-state index contributed by atoms with van der Waals surface area (Å²) in [6.07, 6.45) is 1.78. The van der Waals surface area contributed by atoms with Gasteiger partial charge >= 0.3 is 5.97 Å². The molecule has 0 atom stereocenters. The van der Waals surface area contributed by atoms with Gasteiger partial charge < -0.3 is 15.4 Å². The van der Waals surface area contributed by atoms with E-state index in [2.05, 4.69) is 10.6 Å². The van der Waals surface area contributed by atoms with Crippen LogP contribution in [-0.4, -0.2) is 17.7 Å². The van der Waals surface area contributed by atoms with Crippen LogP contribution >= 0.6 is 12.2 Å². The zero-order valence-corrected chi connectivity index (χ0v) is 14.5. The second kappa shape index (κ2) is 9.08. The predicted octanol–water partition coefficient (Wildman–Crippen LogP) is 4.73. The fourth-order valence-corrected chi connectivity index (χ4v) is 2.19. The first-order valence-electron chi connectivity index (χ1n) is 7.80. The van der Waals surface area contributed by atoms with Gasteiger partial charge in [0.1, 0.15) is 11.6 Å². The number of nitrogens with one attached hydrogen (secondary N) is 2. The molecule has 2 aromatic rings. The van der Waals surface area contributed by atoms with Crippen molar-refractivity contribution in [2.75, 3.05) is 17.2 Å². The molecular formula is C18H18F2N2O2S. The van der Waals surface area contributed by atoms with Crippen LogP contribution in [0.25, 0.3) is 0 Å². The number of halogens is 2. The highest BCUT2D eigenvalue weighted by Crippen LogP contribution is 2.16. The molecule has 2 rings (SSSR count). The van der Waals surface area contributed by atoms with Gasteiger partial charge in [-0.3, -0.25) is 0 Å². The summed E-state index contributed by atoms with van der Waals surface area (Å²) in [4.78, 5) is 11.8. The Bertz CT molecular complexity index is 751. The molecule has 132 valence electrons. The molecule has 0 radical (unpaired) electrons. The first-order valence-corrected chi connectivity index (χ1v) is 8.20. The van der Waals surface area contributed by atoms with Crippen LogP contribution in [0.5, 0.6) is 0 Å². The maximum atomic E-state index is 13.6. The topological polar surface area (TPSA) is 50.4 Å². The number of unbranched alkanes of at least 4 members (excludes halogenated alkanes) is 1. The van der Waals surface area contributed by atoms with Crippen molar-refractivity contribution in [2.24, 2.45) is 0 Å². The smallest absolute Gasteiger partial charge is 0.338 e. The molecular weight excluding hydrogens is 346 g/mol. The Morgan fingerprint density at radius 3 is 2.48 bits per heavy atom. The minimum Gasteiger partial charge on any atom is -0.462 e. The zero-order valence-electron chi connectivity index (χ0n) is 13.6. The highest BCUT2D eigenvalue weighted by molar-refractivity contribution is 7.80. The molecule has 0 aliphatic rings. The number of carbonyl (C=O) groups is 1. The Balaban J connectivity index is 1.91. The molecule has 0 aliphatic heterocycles. The molecule has 0 spiro atoms. The molecule has 0 heterocycles. The average Bonchev–Trinajstić information content (AvgIpc) is 2.58. The highest BCUT2D eigenvalue weighted by atomic mass is 32.1. The molecule has 7 heteroatoms. The van der Waals surface area contributed by atoms with Crippen LogP contribution in [-0.2, 0) is 4.74 Å². The van der Waals surface area contributed by atoms with Gasteiger partial charge in [-0.05, 0) is 55.0 Å². The quantitative estimate of drug-likeness (QED) is 0.441. The molecule has 0 bridgehead atoms. The molecule has 0 aromatic heterocycles. The molecule has 0 fully saturated rings. The third kappa shape index (κ3) is 5.79. The van der Waals surface area contributed by atoms with Crippen LogP contribution in [0.2, 0.25) is 0 Å². The van der Waals surface area contributed by atoms with Gasteiger partial charge in [-0.25, -0.2) is 13.6 Å². The normalized spacial score (nSPS) is 10.2. The molecule has 25 heavy (non-hydrogen) atoms. The number of hydrogen-bond acceptors (Lipinski definition) is 3. The minimum atomic E-state index is -0.741. The predicted molar refractivity (Wildman–Crippen MR) is 97.8 cm³/mol. The van der Waals surface area contributed by atoms with E-state index in [9.17, 15) is 13.6 Å². The standard InChI is InChI=1S/C18H18F2N2O2S/c1-2-3-10-24-17(23)12-4-7-14(8-5-12)21-18(25)22-16-9-6-13(19)11-15(16)20/h4-9,11H,2-3,10H2,1H3,(H2,21,22,25). The van der Waals surface area contributed by atoms with Crippen LogP contribution in [0.4, 0.5) is 20.2 Å². The van der Waals surface area contributed by atoms with E-state index in [0.29, 0.717) is 17.9 Å². The fourth-order valence-electron chi connectivity index (χ4n) is 1.96. The Labute approximate surface area is 150 Å². The summed E-state index contributed by atoms with van der Waals surface area (Å²) in [5, 5.41) is 5.65. The Morgan fingerprint density at radius 2 is 1.84 bits per heavy atom. The molecule has 2 N–H and O–H groups in total. The first kappa shape index (κ1) is 18.8. The number of benzene rings is 2. The van der Waals surface area contributed by atoms with Crippen LogP contribution in [0, 0.1) is 11.6 Å². The van der Waals surface area contributed by atoms with Crippen LogP contribution in [0.1, 0.15) is 30.1 Å². The molecule has 0 aliphatic carbocycles. The van der Waals surface area contributed by atoms with Gasteiger partial charge in [-0.2, -0.15) is 0 Å². The van der Waals surface area contributed by atoms with E-state index in [4.69, 9.17) is 17.0 Å². The lowest BCUT2D eigenvalue weighted by atomic mass is 10.2. The lowest BCUT2D eigenvalue weighted by Gasteiger charge is -2.11. The van der Waals surface area contributed by atoms with Gasteiger partial charge in [0, 0.05) is 11.8 Å². The summed E-state index contributed by atoms with van der Waals surface area (Å²) in [6.45, 7) is 2.41. The van der Waals surface area contributed by atoms with E-state index >= 15 is 0 Å². The van der Waals surface area contributed by atoms with E-state index in [1.54, 1.807) is 24.3 Å². The largest absolute Gasteiger partial charge is 0.462 e. The van der Waals surface area contributed by atoms with Crippen molar-refractivity contribution in [1.82, 2.24) is 0 Å². The van der Waals surface area contributed by atoms with Crippen molar-refractivity contribution >= 4 is 34.7 Å². The van der Waals surface area contributed by atoms with Crippen molar-refractivity contribution in [3.05, 3.63) is 59.7 Å². The van der Waals surface area contributed by atoms with Gasteiger partial charge in [0.05, 0.1) is 17.9 Å². The summed E-state index contributed by atoms with van der Waals surface area (Å²) in [5.74, 6) is -1.79. The third-order valence-electron chi connectivity index (χ3n) is 3.29. The average molecular weight is 364 g/mol. The molecule has 0 amide bonds. The number of thiocarbonyl (C=S) groups is 1. The van der Waals surface area contributed by atoms with E-state index in [0.717, 1.165) is 25.0 Å². The van der Waals surface area contributed by atoms with Crippen LogP contribution < -0.4 is 10.6 Å². The van der Waals surface area contributed by atoms with Gasteiger partial charge in [0.25, 0.3) is 0 Å². The molecule has 0 saturated carbocycles. The van der Waals surface area contributed by atoms with E-state index < -0.39 is 11.6 Å². The Kier molecular flexibility index (Phi) is 6.82. The second-order valence-corrected chi connectivity index (χ2v) is 5.68. The van der Waals surface area contributed by atoms with Crippen molar-refractivity contribution in [1.29, 1.82) is 0 Å². The highest BCUT2D eigenvalue weighted by Gasteiger charge is 2.08. The Morgan fingerprint density at radius 1 is 1.12 bits per heavy atom. The lowest BCUT2D eigenvalue weighted by molar-refractivity contribution is 0.0500. The molecule has 0 saturated heterocycles. The maximum Gasteiger partial charge on any atom is 0.338 e. The minimum absolute atomic E-state index is 0.0648. The first-order chi connectivity index (χ1) is 12.0. The van der Waals surface area contributed by atoms with Crippen molar-refractivity contribution in [2.45, 2.75) is 19.8 Å². The number of hydrogen-bond donors (Lipinski definition) is 2. The maximum absolute atomic E-state index is 13.6. The van der Waals surface area contributed by atoms with Crippen molar-refractivity contribution < 1.29 is 18.3 Å². The monoisotopic (exact) mass is 364 g/mol. The summed E-state index contributed by atoms with van der Waals surface area (Å²) in [5.41, 5.74) is 1.12. The van der Waals surface area contributed by atoms with Gasteiger partial charge in [0.15, 0.2) is 5.11 Å². The van der Waals surface area contributed by atoms with Crippen LogP contribution in [0.15, 0.2) is 42.5 Å². The van der Waals surface area contributed by atoms with E-state index in [1.165, 1.54) is 6.07 Å². The summed E-state index contributed by atoms with van der Waals surface area (Å²) >= 11 is 5.09. The van der Waals surface area contributed by atoms with Gasteiger partial charge in [0.2, 0.25) is 0 Å². The number of anilines is 2. The number of carbonyl (C=O) groups excluding carboxylic acids is 1. The number of esters is 1. The lowest BCUT2D eigenvalue weighted by Crippen LogP contribution is -2.19. The zero-order chi connectivity index (χ0) is 18.2. The number of ether oxygens (including phenoxy) is 1. The van der Waals surface area contributed by atoms with Gasteiger partial charge in [-0.1, -0.05) is 13.3 Å². The van der Waals surface area contributed by atoms with Crippen molar-refractivity contribution in [3.8, 4) is 0 Å².